The molecule has 1 heterocycles. The van der Waals surface area contributed by atoms with Gasteiger partial charge in [0.2, 0.25) is 5.78 Å². The highest BCUT2D eigenvalue weighted by Gasteiger charge is 2.13. The number of hydrogen-bond donors (Lipinski definition) is 0. The summed E-state index contributed by atoms with van der Waals surface area (Å²) in [6.45, 7) is 0. The summed E-state index contributed by atoms with van der Waals surface area (Å²) in [5.74, 6) is -0.310. The van der Waals surface area contributed by atoms with Crippen LogP contribution in [-0.2, 0) is 0 Å². The van der Waals surface area contributed by atoms with Crippen LogP contribution in [0.1, 0.15) is 15.9 Å². The van der Waals surface area contributed by atoms with E-state index in [2.05, 4.69) is 0 Å². The van der Waals surface area contributed by atoms with Crippen LogP contribution in [0.25, 0.3) is 6.08 Å². The molecule has 19 heavy (non-hydrogen) atoms. The van der Waals surface area contributed by atoms with Crippen molar-refractivity contribution in [3.05, 3.63) is 61.8 Å². The number of carbonyl (C=O) groups is 1. The number of rotatable bonds is 3. The van der Waals surface area contributed by atoms with Gasteiger partial charge in [0.1, 0.15) is 11.6 Å². The number of ketones is 1. The van der Waals surface area contributed by atoms with Gasteiger partial charge in [-0.15, -0.1) is 0 Å². The predicted molar refractivity (Wildman–Crippen MR) is 78.7 cm³/mol. The smallest absolute Gasteiger partial charge is 0.204 e. The Bertz CT molecular complexity index is 684. The van der Waals surface area contributed by atoms with Gasteiger partial charge in [-0.3, -0.25) is 4.79 Å². The molecule has 0 unspecified atom stereocenters. The number of thiophene rings is 1. The van der Waals surface area contributed by atoms with E-state index in [9.17, 15) is 4.79 Å². The Morgan fingerprint density at radius 2 is 2.11 bits per heavy atom. The number of hydrogen-bond acceptors (Lipinski definition) is 3. The molecule has 0 aliphatic heterocycles. The van der Waals surface area contributed by atoms with Gasteiger partial charge in [0.05, 0.1) is 0 Å². The zero-order valence-corrected chi connectivity index (χ0v) is 11.9. The van der Waals surface area contributed by atoms with Crippen molar-refractivity contribution in [1.29, 1.82) is 5.26 Å². The number of carbonyl (C=O) groups excluding carboxylic acids is 1. The highest BCUT2D eigenvalue weighted by molar-refractivity contribution is 7.08. The number of nitrogens with zero attached hydrogens (tertiary/aromatic N) is 1. The molecule has 0 spiro atoms. The number of Topliss-reactive ketones (excluding diaryl/α,β-unsaturated/α-hetero) is 1. The summed E-state index contributed by atoms with van der Waals surface area (Å²) in [5, 5.41) is 13.5. The van der Waals surface area contributed by atoms with Crippen molar-refractivity contribution < 1.29 is 4.79 Å². The van der Waals surface area contributed by atoms with Gasteiger partial charge in [0.15, 0.2) is 0 Å². The molecule has 94 valence electrons. The Balaban J connectivity index is 2.40. The molecule has 0 amide bonds. The Morgan fingerprint density at radius 3 is 2.68 bits per heavy atom. The molecule has 1 aromatic heterocycles. The highest BCUT2D eigenvalue weighted by atomic mass is 35.5. The standard InChI is InChI=1S/C14H7Cl2NOS/c15-12-2-1-9(13(16)6-12)5-11(7-17)14(18)10-3-4-19-8-10/h1-6,8H/b11-5+. The third kappa shape index (κ3) is 3.24. The first-order valence-corrected chi connectivity index (χ1v) is 6.95. The van der Waals surface area contributed by atoms with Gasteiger partial charge >= 0.3 is 0 Å². The molecule has 2 aromatic rings. The number of halogens is 2. The van der Waals surface area contributed by atoms with Gasteiger partial charge in [-0.05, 0) is 35.2 Å². The maximum Gasteiger partial charge on any atom is 0.204 e. The zero-order valence-electron chi connectivity index (χ0n) is 9.56. The number of benzene rings is 1. The number of allylic oxidation sites excluding steroid dienone is 1. The first kappa shape index (κ1) is 13.8. The van der Waals surface area contributed by atoms with Crippen LogP contribution in [0.15, 0.2) is 40.6 Å². The van der Waals surface area contributed by atoms with Crippen LogP contribution in [0, 0.1) is 11.3 Å². The molecule has 1 aromatic carbocycles. The van der Waals surface area contributed by atoms with Gasteiger partial charge in [0, 0.05) is 21.0 Å². The van der Waals surface area contributed by atoms with Crippen molar-refractivity contribution in [3.63, 3.8) is 0 Å². The first-order valence-electron chi connectivity index (χ1n) is 5.25. The molecule has 0 N–H and O–H groups in total. The van der Waals surface area contributed by atoms with Crippen molar-refractivity contribution in [1.82, 2.24) is 0 Å². The third-order valence-corrected chi connectivity index (χ3v) is 3.66. The van der Waals surface area contributed by atoms with Crippen LogP contribution < -0.4 is 0 Å². The largest absolute Gasteiger partial charge is 0.288 e. The fourth-order valence-electron chi connectivity index (χ4n) is 1.47. The quantitative estimate of drug-likeness (QED) is 0.462. The van der Waals surface area contributed by atoms with E-state index in [1.165, 1.54) is 17.4 Å². The Hall–Kier alpha value is -1.60. The van der Waals surface area contributed by atoms with Crippen LogP contribution in [0.3, 0.4) is 0 Å². The van der Waals surface area contributed by atoms with E-state index in [0.29, 0.717) is 21.2 Å². The summed E-state index contributed by atoms with van der Waals surface area (Å²) in [6, 6.07) is 8.48. The molecular weight excluding hydrogens is 301 g/mol. The van der Waals surface area contributed by atoms with Gasteiger partial charge in [0.25, 0.3) is 0 Å². The van der Waals surface area contributed by atoms with Gasteiger partial charge in [-0.1, -0.05) is 29.3 Å². The van der Waals surface area contributed by atoms with Crippen molar-refractivity contribution in [2.45, 2.75) is 0 Å². The second kappa shape index (κ2) is 6.03. The van der Waals surface area contributed by atoms with E-state index in [1.54, 1.807) is 35.0 Å². The van der Waals surface area contributed by atoms with E-state index in [4.69, 9.17) is 28.5 Å². The van der Waals surface area contributed by atoms with Crippen molar-refractivity contribution in [2.75, 3.05) is 0 Å². The van der Waals surface area contributed by atoms with Crippen molar-refractivity contribution in [3.8, 4) is 6.07 Å². The fraction of sp³-hybridized carbons (Fsp3) is 0. The van der Waals surface area contributed by atoms with Gasteiger partial charge in [-0.2, -0.15) is 16.6 Å². The van der Waals surface area contributed by atoms with Crippen molar-refractivity contribution >= 4 is 46.4 Å². The molecule has 0 saturated heterocycles. The van der Waals surface area contributed by atoms with E-state index < -0.39 is 0 Å². The zero-order chi connectivity index (χ0) is 13.8. The second-order valence-corrected chi connectivity index (χ2v) is 5.30. The first-order chi connectivity index (χ1) is 9.11. The summed E-state index contributed by atoms with van der Waals surface area (Å²) in [4.78, 5) is 12.1. The van der Waals surface area contributed by atoms with Crippen molar-refractivity contribution in [2.24, 2.45) is 0 Å². The summed E-state index contributed by atoms with van der Waals surface area (Å²) in [6.07, 6.45) is 1.47. The maximum absolute atomic E-state index is 12.1. The van der Waals surface area contributed by atoms with Crippen LogP contribution in [0.5, 0.6) is 0 Å². The lowest BCUT2D eigenvalue weighted by Gasteiger charge is -2.00. The Labute approximate surface area is 124 Å². The van der Waals surface area contributed by atoms with E-state index in [1.807, 2.05) is 6.07 Å². The van der Waals surface area contributed by atoms with Crippen LogP contribution in [-0.4, -0.2) is 5.78 Å². The molecular formula is C14H7Cl2NOS. The molecule has 2 rings (SSSR count). The molecule has 2 nitrogen and oxygen atoms in total. The van der Waals surface area contributed by atoms with Gasteiger partial charge in [-0.25, -0.2) is 0 Å². The lowest BCUT2D eigenvalue weighted by molar-refractivity contribution is 0.104. The number of nitriles is 1. The van der Waals surface area contributed by atoms with Crippen LogP contribution in [0.4, 0.5) is 0 Å². The average molecular weight is 308 g/mol. The minimum atomic E-state index is -0.310. The lowest BCUT2D eigenvalue weighted by atomic mass is 10.0. The van der Waals surface area contributed by atoms with E-state index >= 15 is 0 Å². The molecule has 0 radical (unpaired) electrons. The fourth-order valence-corrected chi connectivity index (χ4v) is 2.57. The average Bonchev–Trinajstić information content (AvgIpc) is 2.91. The lowest BCUT2D eigenvalue weighted by Crippen LogP contribution is -2.00. The Morgan fingerprint density at radius 1 is 1.32 bits per heavy atom. The van der Waals surface area contributed by atoms with Gasteiger partial charge < -0.3 is 0 Å². The summed E-state index contributed by atoms with van der Waals surface area (Å²) in [5.41, 5.74) is 1.14. The molecule has 0 fully saturated rings. The van der Waals surface area contributed by atoms with Crippen LogP contribution in [0.2, 0.25) is 10.0 Å². The Kier molecular flexibility index (Phi) is 4.39. The monoisotopic (exact) mass is 307 g/mol. The molecule has 0 aliphatic carbocycles. The molecule has 0 bridgehead atoms. The molecule has 0 aliphatic rings. The summed E-state index contributed by atoms with van der Waals surface area (Å²) >= 11 is 13.2. The summed E-state index contributed by atoms with van der Waals surface area (Å²) in [7, 11) is 0. The normalized spacial score (nSPS) is 11.1. The topological polar surface area (TPSA) is 40.9 Å². The van der Waals surface area contributed by atoms with E-state index in [0.717, 1.165) is 0 Å². The maximum atomic E-state index is 12.1. The summed E-state index contributed by atoms with van der Waals surface area (Å²) < 4.78 is 0. The predicted octanol–water partition coefficient (Wildman–Crippen LogP) is 4.84. The molecule has 0 atom stereocenters. The molecule has 0 saturated carbocycles. The van der Waals surface area contributed by atoms with Crippen LogP contribution >= 0.6 is 34.5 Å². The van der Waals surface area contributed by atoms with E-state index in [-0.39, 0.29) is 11.4 Å². The minimum absolute atomic E-state index is 0.0441. The molecule has 5 heteroatoms. The SMILES string of the molecule is N#C/C(=C\c1ccc(Cl)cc1Cl)C(=O)c1ccsc1. The second-order valence-electron chi connectivity index (χ2n) is 3.68. The minimum Gasteiger partial charge on any atom is -0.288 e. The third-order valence-electron chi connectivity index (χ3n) is 2.41. The highest BCUT2D eigenvalue weighted by Crippen LogP contribution is 2.24.